The first-order valence-corrected chi connectivity index (χ1v) is 6.80. The molecule has 0 saturated carbocycles. The zero-order chi connectivity index (χ0) is 14.9. The van der Waals surface area contributed by atoms with Gasteiger partial charge in [-0.15, -0.1) is 11.3 Å². The highest BCUT2D eigenvalue weighted by molar-refractivity contribution is 7.17. The highest BCUT2D eigenvalue weighted by Crippen LogP contribution is 2.43. The molecule has 0 radical (unpaired) electrons. The van der Waals surface area contributed by atoms with Gasteiger partial charge in [-0.05, 0) is 19.1 Å². The van der Waals surface area contributed by atoms with Crippen LogP contribution < -0.4 is 9.47 Å². The molecule has 2 rings (SSSR count). The van der Waals surface area contributed by atoms with Gasteiger partial charge in [-0.1, -0.05) is 11.6 Å². The molecule has 0 saturated heterocycles. The number of hydrogen-bond donors (Lipinski definition) is 1. The standard InChI is InChI=1S/C13H12ClNO4S/c1-6-11(13(16)17)20-12(15-6)7-4-5-8(18-2)10(19-3)9(7)14/h4-5H,1-3H3,(H,16,17). The lowest BCUT2D eigenvalue weighted by Gasteiger charge is -2.11. The fourth-order valence-corrected chi connectivity index (χ4v) is 3.08. The Bertz CT molecular complexity index is 669. The lowest BCUT2D eigenvalue weighted by Crippen LogP contribution is -1.94. The molecule has 0 aliphatic carbocycles. The molecule has 0 aliphatic rings. The number of nitrogens with zero attached hydrogens (tertiary/aromatic N) is 1. The van der Waals surface area contributed by atoms with Crippen LogP contribution in [-0.4, -0.2) is 30.3 Å². The van der Waals surface area contributed by atoms with E-state index in [4.69, 9.17) is 26.2 Å². The minimum absolute atomic E-state index is 0.200. The number of aromatic nitrogens is 1. The van der Waals surface area contributed by atoms with Crippen molar-refractivity contribution in [2.24, 2.45) is 0 Å². The van der Waals surface area contributed by atoms with Crippen molar-refractivity contribution in [3.63, 3.8) is 0 Å². The molecule has 5 nitrogen and oxygen atoms in total. The predicted molar refractivity (Wildman–Crippen MR) is 77.4 cm³/mol. The van der Waals surface area contributed by atoms with Gasteiger partial charge in [0, 0.05) is 5.56 Å². The largest absolute Gasteiger partial charge is 0.493 e. The summed E-state index contributed by atoms with van der Waals surface area (Å²) in [7, 11) is 3.01. The second-order valence-corrected chi connectivity index (χ2v) is 5.28. The van der Waals surface area contributed by atoms with E-state index in [1.54, 1.807) is 19.1 Å². The number of ether oxygens (including phenoxy) is 2. The molecule has 106 valence electrons. The summed E-state index contributed by atoms with van der Waals surface area (Å²) in [5.74, 6) is -0.0905. The van der Waals surface area contributed by atoms with Crippen molar-refractivity contribution in [3.05, 3.63) is 27.7 Å². The minimum atomic E-state index is -0.997. The molecule has 0 atom stereocenters. The summed E-state index contributed by atoms with van der Waals surface area (Å²) >= 11 is 7.36. The molecule has 0 aliphatic heterocycles. The molecule has 0 bridgehead atoms. The lowest BCUT2D eigenvalue weighted by molar-refractivity contribution is 0.0701. The number of carboxylic acid groups (broad SMARTS) is 1. The normalized spacial score (nSPS) is 10.4. The van der Waals surface area contributed by atoms with Crippen LogP contribution >= 0.6 is 22.9 Å². The predicted octanol–water partition coefficient (Wildman–Crippen LogP) is 3.49. The Kier molecular flexibility index (Phi) is 4.15. The molecule has 20 heavy (non-hydrogen) atoms. The lowest BCUT2D eigenvalue weighted by atomic mass is 10.2. The number of aryl methyl sites for hydroxylation is 1. The van der Waals surface area contributed by atoms with Gasteiger partial charge in [-0.3, -0.25) is 0 Å². The maximum Gasteiger partial charge on any atom is 0.347 e. The van der Waals surface area contributed by atoms with Crippen LogP contribution in [0, 0.1) is 6.92 Å². The van der Waals surface area contributed by atoms with E-state index in [9.17, 15) is 4.79 Å². The SMILES string of the molecule is COc1ccc(-c2nc(C)c(C(=O)O)s2)c(Cl)c1OC. The van der Waals surface area contributed by atoms with E-state index in [1.165, 1.54) is 14.2 Å². The van der Waals surface area contributed by atoms with Crippen molar-refractivity contribution in [2.75, 3.05) is 14.2 Å². The number of hydrogen-bond acceptors (Lipinski definition) is 5. The van der Waals surface area contributed by atoms with E-state index in [2.05, 4.69) is 4.98 Å². The van der Waals surface area contributed by atoms with E-state index >= 15 is 0 Å². The first kappa shape index (κ1) is 14.6. The summed E-state index contributed by atoms with van der Waals surface area (Å²) in [6, 6.07) is 3.44. The smallest absolute Gasteiger partial charge is 0.347 e. The van der Waals surface area contributed by atoms with Crippen LogP contribution in [0.15, 0.2) is 12.1 Å². The van der Waals surface area contributed by atoms with E-state index in [0.717, 1.165) is 11.3 Å². The van der Waals surface area contributed by atoms with Crippen molar-refractivity contribution in [2.45, 2.75) is 6.92 Å². The molecule has 1 aromatic heterocycles. The fourth-order valence-electron chi connectivity index (χ4n) is 1.76. The number of rotatable bonds is 4. The van der Waals surface area contributed by atoms with Gasteiger partial charge in [0.2, 0.25) is 0 Å². The van der Waals surface area contributed by atoms with Gasteiger partial charge < -0.3 is 14.6 Å². The molecule has 1 N–H and O–H groups in total. The van der Waals surface area contributed by atoms with Gasteiger partial charge in [0.15, 0.2) is 11.5 Å². The highest BCUT2D eigenvalue weighted by atomic mass is 35.5. The zero-order valence-corrected chi connectivity index (χ0v) is 12.6. The van der Waals surface area contributed by atoms with Gasteiger partial charge in [-0.25, -0.2) is 9.78 Å². The summed E-state index contributed by atoms with van der Waals surface area (Å²) in [6.07, 6.45) is 0. The quantitative estimate of drug-likeness (QED) is 0.935. The van der Waals surface area contributed by atoms with Gasteiger partial charge in [-0.2, -0.15) is 0 Å². The molecule has 0 spiro atoms. The van der Waals surface area contributed by atoms with Crippen molar-refractivity contribution >= 4 is 28.9 Å². The number of aromatic carboxylic acids is 1. The average molecular weight is 314 g/mol. The summed E-state index contributed by atoms with van der Waals surface area (Å²) in [6.45, 7) is 1.65. The summed E-state index contributed by atoms with van der Waals surface area (Å²) in [4.78, 5) is 15.5. The Labute approximate surface area is 124 Å². The van der Waals surface area contributed by atoms with Gasteiger partial charge in [0.25, 0.3) is 0 Å². The Balaban J connectivity index is 2.59. The van der Waals surface area contributed by atoms with Crippen LogP contribution in [0.5, 0.6) is 11.5 Å². The van der Waals surface area contributed by atoms with Crippen molar-refractivity contribution in [1.82, 2.24) is 4.98 Å². The number of thiazole rings is 1. The van der Waals surface area contributed by atoms with E-state index in [-0.39, 0.29) is 4.88 Å². The highest BCUT2D eigenvalue weighted by Gasteiger charge is 2.20. The molecule has 1 aromatic carbocycles. The molecular weight excluding hydrogens is 302 g/mol. The van der Waals surface area contributed by atoms with Gasteiger partial charge in [0.1, 0.15) is 9.88 Å². The Morgan fingerprint density at radius 2 is 2.05 bits per heavy atom. The Morgan fingerprint density at radius 3 is 2.55 bits per heavy atom. The molecule has 1 heterocycles. The summed E-state index contributed by atoms with van der Waals surface area (Å²) in [5.41, 5.74) is 1.08. The second kappa shape index (κ2) is 5.68. The molecular formula is C13H12ClNO4S. The van der Waals surface area contributed by atoms with Crippen molar-refractivity contribution < 1.29 is 19.4 Å². The number of carboxylic acids is 1. The van der Waals surface area contributed by atoms with E-state index < -0.39 is 5.97 Å². The maximum atomic E-state index is 11.1. The fraction of sp³-hybridized carbons (Fsp3) is 0.231. The third-order valence-corrected chi connectivity index (χ3v) is 4.26. The van der Waals surface area contributed by atoms with Crippen molar-refractivity contribution in [3.8, 4) is 22.1 Å². The van der Waals surface area contributed by atoms with Crippen LogP contribution in [0.3, 0.4) is 0 Å². The van der Waals surface area contributed by atoms with Crippen LogP contribution in [0.1, 0.15) is 15.4 Å². The maximum absolute atomic E-state index is 11.1. The monoisotopic (exact) mass is 313 g/mol. The van der Waals surface area contributed by atoms with Crippen LogP contribution in [0.25, 0.3) is 10.6 Å². The molecule has 0 unspecified atom stereocenters. The van der Waals surface area contributed by atoms with Crippen LogP contribution in [0.4, 0.5) is 0 Å². The third kappa shape index (κ3) is 2.44. The number of carbonyl (C=O) groups is 1. The second-order valence-electron chi connectivity index (χ2n) is 3.90. The zero-order valence-electron chi connectivity index (χ0n) is 11.1. The van der Waals surface area contributed by atoms with E-state index in [0.29, 0.717) is 32.8 Å². The van der Waals surface area contributed by atoms with Crippen LogP contribution in [-0.2, 0) is 0 Å². The topological polar surface area (TPSA) is 68.7 Å². The third-order valence-electron chi connectivity index (χ3n) is 2.71. The molecule has 7 heteroatoms. The molecule has 2 aromatic rings. The van der Waals surface area contributed by atoms with E-state index in [1.807, 2.05) is 0 Å². The summed E-state index contributed by atoms with van der Waals surface area (Å²) in [5, 5.41) is 9.95. The number of methoxy groups -OCH3 is 2. The molecule has 0 fully saturated rings. The molecule has 0 amide bonds. The Morgan fingerprint density at radius 1 is 1.35 bits per heavy atom. The van der Waals surface area contributed by atoms with Gasteiger partial charge in [0.05, 0.1) is 24.9 Å². The van der Waals surface area contributed by atoms with Crippen molar-refractivity contribution in [1.29, 1.82) is 0 Å². The average Bonchev–Trinajstić information content (AvgIpc) is 2.80. The number of benzene rings is 1. The van der Waals surface area contributed by atoms with Gasteiger partial charge >= 0.3 is 5.97 Å². The number of halogens is 1. The minimum Gasteiger partial charge on any atom is -0.493 e. The first-order chi connectivity index (χ1) is 9.49. The Hall–Kier alpha value is -1.79. The summed E-state index contributed by atoms with van der Waals surface area (Å²) < 4.78 is 10.4. The first-order valence-electron chi connectivity index (χ1n) is 5.61. The van der Waals surface area contributed by atoms with Crippen LogP contribution in [0.2, 0.25) is 5.02 Å².